The summed E-state index contributed by atoms with van der Waals surface area (Å²) in [6.07, 6.45) is 4.82. The molecule has 1 rings (SSSR count). The van der Waals surface area contributed by atoms with Gasteiger partial charge in [0, 0.05) is 11.4 Å². The molecular weight excluding hydrogens is 264 g/mol. The normalized spacial score (nSPS) is 11.7. The zero-order valence-electron chi connectivity index (χ0n) is 11.8. The number of thiazole rings is 1. The minimum absolute atomic E-state index is 0.536. The average Bonchev–Trinajstić information content (AvgIpc) is 2.80. The van der Waals surface area contributed by atoms with Crippen LogP contribution in [0.3, 0.4) is 0 Å². The highest BCUT2D eigenvalue weighted by Gasteiger charge is 2.07. The first-order valence-electron chi connectivity index (χ1n) is 6.90. The second kappa shape index (κ2) is 8.89. The predicted octanol–water partition coefficient (Wildman–Crippen LogP) is 4.33. The van der Waals surface area contributed by atoms with Crippen molar-refractivity contribution in [2.24, 2.45) is 0 Å². The zero-order valence-corrected chi connectivity index (χ0v) is 13.4. The van der Waals surface area contributed by atoms with Gasteiger partial charge in [-0.2, -0.15) is 0 Å². The molecule has 2 nitrogen and oxygen atoms in total. The SMILES string of the molecule is CCCN(CCCCc1nc(CCl)cs1)C(C)C. The number of unbranched alkanes of at least 4 members (excludes halogenated alkanes) is 1. The molecule has 0 saturated carbocycles. The van der Waals surface area contributed by atoms with Gasteiger partial charge in [-0.3, -0.25) is 0 Å². The number of hydrogen-bond acceptors (Lipinski definition) is 3. The number of rotatable bonds is 9. The van der Waals surface area contributed by atoms with Crippen molar-refractivity contribution in [3.8, 4) is 0 Å². The summed E-state index contributed by atoms with van der Waals surface area (Å²) in [5.41, 5.74) is 1.02. The number of aryl methyl sites for hydroxylation is 1. The zero-order chi connectivity index (χ0) is 13.4. The fourth-order valence-corrected chi connectivity index (χ4v) is 3.10. The molecule has 104 valence electrons. The minimum Gasteiger partial charge on any atom is -0.301 e. The lowest BCUT2D eigenvalue weighted by Gasteiger charge is -2.25. The molecule has 0 fully saturated rings. The topological polar surface area (TPSA) is 16.1 Å². The third-order valence-corrected chi connectivity index (χ3v) is 4.29. The summed E-state index contributed by atoms with van der Waals surface area (Å²) in [6, 6.07) is 0.660. The third-order valence-electron chi connectivity index (χ3n) is 3.06. The standard InChI is InChI=1S/C14H25ClN2S/c1-4-8-17(12(2)3)9-6-5-7-14-16-13(10-15)11-18-14/h11-12H,4-10H2,1-3H3. The van der Waals surface area contributed by atoms with Gasteiger partial charge in [0.2, 0.25) is 0 Å². The number of aromatic nitrogens is 1. The van der Waals surface area contributed by atoms with Gasteiger partial charge in [-0.05, 0) is 52.6 Å². The van der Waals surface area contributed by atoms with Crippen LogP contribution < -0.4 is 0 Å². The summed E-state index contributed by atoms with van der Waals surface area (Å²) in [7, 11) is 0. The van der Waals surface area contributed by atoms with Gasteiger partial charge >= 0.3 is 0 Å². The van der Waals surface area contributed by atoms with Crippen molar-refractivity contribution in [1.29, 1.82) is 0 Å². The van der Waals surface area contributed by atoms with Crippen LogP contribution in [0.2, 0.25) is 0 Å². The third kappa shape index (κ3) is 5.68. The molecule has 0 amide bonds. The van der Waals surface area contributed by atoms with E-state index in [1.807, 2.05) is 0 Å². The molecular formula is C14H25ClN2S. The van der Waals surface area contributed by atoms with Crippen molar-refractivity contribution in [2.45, 2.75) is 58.4 Å². The molecule has 18 heavy (non-hydrogen) atoms. The molecule has 1 aromatic rings. The molecule has 0 aliphatic rings. The highest BCUT2D eigenvalue weighted by atomic mass is 35.5. The summed E-state index contributed by atoms with van der Waals surface area (Å²) in [6.45, 7) is 9.23. The van der Waals surface area contributed by atoms with Crippen LogP contribution in [0.5, 0.6) is 0 Å². The molecule has 0 spiro atoms. The molecule has 0 aliphatic carbocycles. The van der Waals surface area contributed by atoms with Gasteiger partial charge in [0.25, 0.3) is 0 Å². The maximum Gasteiger partial charge on any atom is 0.0928 e. The highest BCUT2D eigenvalue weighted by Crippen LogP contribution is 2.14. The second-order valence-electron chi connectivity index (χ2n) is 4.95. The highest BCUT2D eigenvalue weighted by molar-refractivity contribution is 7.09. The molecule has 4 heteroatoms. The van der Waals surface area contributed by atoms with E-state index in [9.17, 15) is 0 Å². The van der Waals surface area contributed by atoms with Gasteiger partial charge in [0.1, 0.15) is 0 Å². The number of halogens is 1. The van der Waals surface area contributed by atoms with Crippen LogP contribution in [-0.2, 0) is 12.3 Å². The van der Waals surface area contributed by atoms with E-state index in [1.54, 1.807) is 11.3 Å². The van der Waals surface area contributed by atoms with E-state index in [1.165, 1.54) is 37.4 Å². The van der Waals surface area contributed by atoms with Gasteiger partial charge in [-0.25, -0.2) is 4.98 Å². The maximum absolute atomic E-state index is 5.75. The number of alkyl halides is 1. The summed E-state index contributed by atoms with van der Waals surface area (Å²) in [5, 5.41) is 3.30. The molecule has 0 saturated heterocycles. The van der Waals surface area contributed by atoms with Crippen LogP contribution in [0.4, 0.5) is 0 Å². The van der Waals surface area contributed by atoms with E-state index < -0.39 is 0 Å². The Morgan fingerprint density at radius 1 is 1.33 bits per heavy atom. The molecule has 0 bridgehead atoms. The van der Waals surface area contributed by atoms with E-state index in [0.29, 0.717) is 11.9 Å². The Bertz CT molecular complexity index is 325. The van der Waals surface area contributed by atoms with E-state index in [0.717, 1.165) is 12.1 Å². The smallest absolute Gasteiger partial charge is 0.0928 e. The molecule has 0 N–H and O–H groups in total. The quantitative estimate of drug-likeness (QED) is 0.497. The largest absolute Gasteiger partial charge is 0.301 e. The van der Waals surface area contributed by atoms with Crippen LogP contribution in [0.15, 0.2) is 5.38 Å². The fourth-order valence-electron chi connectivity index (χ4n) is 2.03. The first-order valence-corrected chi connectivity index (χ1v) is 8.32. The van der Waals surface area contributed by atoms with Crippen molar-refractivity contribution < 1.29 is 0 Å². The molecule has 0 unspecified atom stereocenters. The second-order valence-corrected chi connectivity index (χ2v) is 6.16. The monoisotopic (exact) mass is 288 g/mol. The van der Waals surface area contributed by atoms with Crippen LogP contribution in [-0.4, -0.2) is 29.0 Å². The Hall–Kier alpha value is -0.120. The minimum atomic E-state index is 0.536. The fraction of sp³-hybridized carbons (Fsp3) is 0.786. The van der Waals surface area contributed by atoms with Crippen molar-refractivity contribution >= 4 is 22.9 Å². The Labute approximate surface area is 120 Å². The Kier molecular flexibility index (Phi) is 7.87. The number of hydrogen-bond donors (Lipinski definition) is 0. The molecule has 0 aromatic carbocycles. The van der Waals surface area contributed by atoms with Crippen LogP contribution >= 0.6 is 22.9 Å². The predicted molar refractivity (Wildman–Crippen MR) is 81.6 cm³/mol. The Morgan fingerprint density at radius 3 is 2.67 bits per heavy atom. The van der Waals surface area contributed by atoms with Gasteiger partial charge in [0.15, 0.2) is 0 Å². The van der Waals surface area contributed by atoms with E-state index in [4.69, 9.17) is 11.6 Å². The Balaban J connectivity index is 2.20. The van der Waals surface area contributed by atoms with Gasteiger partial charge in [-0.1, -0.05) is 6.92 Å². The van der Waals surface area contributed by atoms with Gasteiger partial charge < -0.3 is 4.90 Å². The summed E-state index contributed by atoms with van der Waals surface area (Å²) < 4.78 is 0. The molecule has 0 aliphatic heterocycles. The van der Waals surface area contributed by atoms with E-state index in [-0.39, 0.29) is 0 Å². The Morgan fingerprint density at radius 2 is 2.11 bits per heavy atom. The lowest BCUT2D eigenvalue weighted by Crippen LogP contribution is -2.32. The van der Waals surface area contributed by atoms with E-state index >= 15 is 0 Å². The van der Waals surface area contributed by atoms with Crippen LogP contribution in [0.25, 0.3) is 0 Å². The number of nitrogens with zero attached hydrogens (tertiary/aromatic N) is 2. The van der Waals surface area contributed by atoms with Crippen molar-refractivity contribution in [2.75, 3.05) is 13.1 Å². The molecule has 1 aromatic heterocycles. The van der Waals surface area contributed by atoms with Crippen molar-refractivity contribution in [1.82, 2.24) is 9.88 Å². The van der Waals surface area contributed by atoms with E-state index in [2.05, 4.69) is 36.0 Å². The first kappa shape index (κ1) is 15.9. The molecule has 1 heterocycles. The van der Waals surface area contributed by atoms with Gasteiger partial charge in [0.05, 0.1) is 16.6 Å². The maximum atomic E-state index is 5.75. The summed E-state index contributed by atoms with van der Waals surface area (Å²) >= 11 is 7.49. The summed E-state index contributed by atoms with van der Waals surface area (Å²) in [5.74, 6) is 0.536. The average molecular weight is 289 g/mol. The first-order chi connectivity index (χ1) is 8.67. The van der Waals surface area contributed by atoms with Crippen molar-refractivity contribution in [3.63, 3.8) is 0 Å². The van der Waals surface area contributed by atoms with Crippen LogP contribution in [0.1, 0.15) is 50.7 Å². The van der Waals surface area contributed by atoms with Crippen molar-refractivity contribution in [3.05, 3.63) is 16.1 Å². The molecule has 0 radical (unpaired) electrons. The van der Waals surface area contributed by atoms with Gasteiger partial charge in [-0.15, -0.1) is 22.9 Å². The van der Waals surface area contributed by atoms with Crippen LogP contribution in [0, 0.1) is 0 Å². The lowest BCUT2D eigenvalue weighted by molar-refractivity contribution is 0.218. The summed E-state index contributed by atoms with van der Waals surface area (Å²) in [4.78, 5) is 7.05. The molecule has 0 atom stereocenters. The lowest BCUT2D eigenvalue weighted by atomic mass is 10.2.